The van der Waals surface area contributed by atoms with Crippen LogP contribution in [0.4, 0.5) is 5.69 Å². The molecule has 3 nitrogen and oxygen atoms in total. The smallest absolute Gasteiger partial charge is 0.248 e. The van der Waals surface area contributed by atoms with Gasteiger partial charge in [0.2, 0.25) is 5.91 Å². The van der Waals surface area contributed by atoms with E-state index in [4.69, 9.17) is 4.74 Å². The predicted octanol–water partition coefficient (Wildman–Crippen LogP) is 5.62. The van der Waals surface area contributed by atoms with Crippen LogP contribution in [0.3, 0.4) is 0 Å². The van der Waals surface area contributed by atoms with Crippen LogP contribution >= 0.6 is 15.9 Å². The number of hydrogen-bond acceptors (Lipinski definition) is 2. The summed E-state index contributed by atoms with van der Waals surface area (Å²) in [6.07, 6.45) is 3.27. The van der Waals surface area contributed by atoms with Crippen molar-refractivity contribution >= 4 is 33.6 Å². The number of rotatable bonds is 6. The van der Waals surface area contributed by atoms with Gasteiger partial charge >= 0.3 is 0 Å². The standard InChI is InChI=1S/C20H22BrNO2/c1-4-24-19-11-8-17(21)13-16(19)7-12-20(23)22-18-9-5-15(6-10-18)14(2)3/h5-14H,4H2,1-3H3,(H,22,23). The van der Waals surface area contributed by atoms with Crippen molar-refractivity contribution in [3.05, 3.63) is 64.1 Å². The van der Waals surface area contributed by atoms with Gasteiger partial charge in [-0.25, -0.2) is 0 Å². The second kappa shape index (κ2) is 8.69. The molecule has 0 saturated carbocycles. The number of halogens is 1. The molecule has 2 aromatic rings. The molecule has 4 heteroatoms. The Kier molecular flexibility index (Phi) is 6.62. The van der Waals surface area contributed by atoms with E-state index in [0.717, 1.165) is 21.5 Å². The van der Waals surface area contributed by atoms with E-state index in [1.54, 1.807) is 6.08 Å². The number of ether oxygens (including phenoxy) is 1. The van der Waals surface area contributed by atoms with Gasteiger partial charge in [0.25, 0.3) is 0 Å². The third kappa shape index (κ3) is 5.24. The van der Waals surface area contributed by atoms with Gasteiger partial charge in [-0.05, 0) is 54.8 Å². The monoisotopic (exact) mass is 387 g/mol. The van der Waals surface area contributed by atoms with Crippen molar-refractivity contribution in [2.75, 3.05) is 11.9 Å². The topological polar surface area (TPSA) is 38.3 Å². The molecule has 0 spiro atoms. The number of benzene rings is 2. The number of anilines is 1. The Balaban J connectivity index is 2.06. The van der Waals surface area contributed by atoms with Crippen molar-refractivity contribution < 1.29 is 9.53 Å². The Bertz CT molecular complexity index is 721. The van der Waals surface area contributed by atoms with E-state index in [0.29, 0.717) is 12.5 Å². The summed E-state index contributed by atoms with van der Waals surface area (Å²) in [4.78, 5) is 12.1. The number of carbonyl (C=O) groups is 1. The lowest BCUT2D eigenvalue weighted by molar-refractivity contribution is -0.111. The Labute approximate surface area is 151 Å². The first-order chi connectivity index (χ1) is 11.5. The minimum atomic E-state index is -0.172. The fourth-order valence-corrected chi connectivity index (χ4v) is 2.62. The molecule has 0 bridgehead atoms. The highest BCUT2D eigenvalue weighted by atomic mass is 79.9. The lowest BCUT2D eigenvalue weighted by Gasteiger charge is -2.08. The van der Waals surface area contributed by atoms with Crippen LogP contribution in [0.2, 0.25) is 0 Å². The van der Waals surface area contributed by atoms with Crippen LogP contribution in [0.25, 0.3) is 6.08 Å². The molecule has 0 fully saturated rings. The second-order valence-electron chi connectivity index (χ2n) is 5.71. The van der Waals surface area contributed by atoms with Gasteiger partial charge in [-0.3, -0.25) is 4.79 Å². The molecule has 0 radical (unpaired) electrons. The quantitative estimate of drug-likeness (QED) is 0.652. The van der Waals surface area contributed by atoms with Crippen LogP contribution in [0.1, 0.15) is 37.8 Å². The highest BCUT2D eigenvalue weighted by Crippen LogP contribution is 2.24. The molecule has 0 aromatic heterocycles. The summed E-state index contributed by atoms with van der Waals surface area (Å²) in [5, 5.41) is 2.87. The first-order valence-corrected chi connectivity index (χ1v) is 8.80. The van der Waals surface area contributed by atoms with Gasteiger partial charge in [0.1, 0.15) is 5.75 Å². The first-order valence-electron chi connectivity index (χ1n) is 8.01. The molecular weight excluding hydrogens is 366 g/mol. The summed E-state index contributed by atoms with van der Waals surface area (Å²) in [6.45, 7) is 6.80. The van der Waals surface area contributed by atoms with Gasteiger partial charge in [0.05, 0.1) is 6.61 Å². The van der Waals surface area contributed by atoms with Crippen LogP contribution in [0, 0.1) is 0 Å². The predicted molar refractivity (Wildman–Crippen MR) is 104 cm³/mol. The Hall–Kier alpha value is -2.07. The van der Waals surface area contributed by atoms with Gasteiger partial charge in [0, 0.05) is 21.8 Å². The normalized spacial score (nSPS) is 11.0. The summed E-state index contributed by atoms with van der Waals surface area (Å²) in [5.41, 5.74) is 2.89. The zero-order valence-corrected chi connectivity index (χ0v) is 15.8. The Morgan fingerprint density at radius 2 is 1.92 bits per heavy atom. The van der Waals surface area contributed by atoms with E-state index < -0.39 is 0 Å². The molecule has 0 aliphatic carbocycles. The molecule has 0 saturated heterocycles. The van der Waals surface area contributed by atoms with Crippen LogP contribution < -0.4 is 10.1 Å². The summed E-state index contributed by atoms with van der Waals surface area (Å²) >= 11 is 3.44. The number of carbonyl (C=O) groups excluding carboxylic acids is 1. The molecule has 1 amide bonds. The third-order valence-electron chi connectivity index (χ3n) is 3.53. The molecule has 0 aliphatic heterocycles. The van der Waals surface area contributed by atoms with Gasteiger partial charge in [0.15, 0.2) is 0 Å². The molecule has 2 aromatic carbocycles. The van der Waals surface area contributed by atoms with Crippen molar-refractivity contribution in [2.24, 2.45) is 0 Å². The average molecular weight is 388 g/mol. The second-order valence-corrected chi connectivity index (χ2v) is 6.63. The van der Waals surface area contributed by atoms with Crippen molar-refractivity contribution in [3.63, 3.8) is 0 Å². The number of hydrogen-bond donors (Lipinski definition) is 1. The molecule has 126 valence electrons. The maximum atomic E-state index is 12.1. The SMILES string of the molecule is CCOc1ccc(Br)cc1C=CC(=O)Nc1ccc(C(C)C)cc1. The summed E-state index contributed by atoms with van der Waals surface area (Å²) in [5.74, 6) is 1.06. The van der Waals surface area contributed by atoms with Crippen LogP contribution in [-0.4, -0.2) is 12.5 Å². The van der Waals surface area contributed by atoms with Crippen molar-refractivity contribution in [1.82, 2.24) is 0 Å². The van der Waals surface area contributed by atoms with Crippen molar-refractivity contribution in [2.45, 2.75) is 26.7 Å². The highest BCUT2D eigenvalue weighted by molar-refractivity contribution is 9.10. The fourth-order valence-electron chi connectivity index (χ4n) is 2.24. The van der Waals surface area contributed by atoms with Gasteiger partial charge in [-0.1, -0.05) is 41.9 Å². The van der Waals surface area contributed by atoms with Crippen LogP contribution in [0.15, 0.2) is 53.0 Å². The molecule has 2 rings (SSSR count). The lowest BCUT2D eigenvalue weighted by Crippen LogP contribution is -2.07. The van der Waals surface area contributed by atoms with E-state index in [2.05, 4.69) is 35.1 Å². The average Bonchev–Trinajstić information content (AvgIpc) is 2.55. The van der Waals surface area contributed by atoms with E-state index in [-0.39, 0.29) is 5.91 Å². The zero-order valence-electron chi connectivity index (χ0n) is 14.2. The molecule has 1 N–H and O–H groups in total. The maximum Gasteiger partial charge on any atom is 0.248 e. The molecule has 0 heterocycles. The van der Waals surface area contributed by atoms with E-state index >= 15 is 0 Å². The molecular formula is C20H22BrNO2. The first kappa shape index (κ1) is 18.3. The van der Waals surface area contributed by atoms with Crippen LogP contribution in [0.5, 0.6) is 5.75 Å². The fraction of sp³-hybridized carbons (Fsp3) is 0.250. The van der Waals surface area contributed by atoms with Gasteiger partial charge < -0.3 is 10.1 Å². The van der Waals surface area contributed by atoms with Gasteiger partial charge in [-0.2, -0.15) is 0 Å². The van der Waals surface area contributed by atoms with E-state index in [1.165, 1.54) is 11.6 Å². The van der Waals surface area contributed by atoms with E-state index in [9.17, 15) is 4.79 Å². The van der Waals surface area contributed by atoms with Gasteiger partial charge in [-0.15, -0.1) is 0 Å². The zero-order chi connectivity index (χ0) is 17.5. The molecule has 0 atom stereocenters. The molecule has 24 heavy (non-hydrogen) atoms. The minimum Gasteiger partial charge on any atom is -0.493 e. The lowest BCUT2D eigenvalue weighted by atomic mass is 10.0. The molecule has 0 unspecified atom stereocenters. The van der Waals surface area contributed by atoms with Crippen LogP contribution in [-0.2, 0) is 4.79 Å². The largest absolute Gasteiger partial charge is 0.493 e. The Morgan fingerprint density at radius 3 is 2.54 bits per heavy atom. The Morgan fingerprint density at radius 1 is 1.21 bits per heavy atom. The van der Waals surface area contributed by atoms with Crippen molar-refractivity contribution in [3.8, 4) is 5.75 Å². The summed E-state index contributed by atoms with van der Waals surface area (Å²) < 4.78 is 6.51. The highest BCUT2D eigenvalue weighted by Gasteiger charge is 2.04. The van der Waals surface area contributed by atoms with Crippen molar-refractivity contribution in [1.29, 1.82) is 0 Å². The number of amides is 1. The van der Waals surface area contributed by atoms with E-state index in [1.807, 2.05) is 49.4 Å². The third-order valence-corrected chi connectivity index (χ3v) is 4.02. The maximum absolute atomic E-state index is 12.1. The minimum absolute atomic E-state index is 0.172. The number of nitrogens with one attached hydrogen (secondary N) is 1. The molecule has 0 aliphatic rings. The summed E-state index contributed by atoms with van der Waals surface area (Å²) in [7, 11) is 0. The summed E-state index contributed by atoms with van der Waals surface area (Å²) in [6, 6.07) is 13.6.